The minimum Gasteiger partial charge on any atom is -0.472 e. The van der Waals surface area contributed by atoms with Gasteiger partial charge < -0.3 is 19.4 Å². The summed E-state index contributed by atoms with van der Waals surface area (Å²) >= 11 is 6.35. The Kier molecular flexibility index (Phi) is 6.01. The zero-order chi connectivity index (χ0) is 24.8. The average Bonchev–Trinajstić information content (AvgIpc) is 3.45. The zero-order valence-corrected chi connectivity index (χ0v) is 19.3. The Hall–Kier alpha value is -3.21. The summed E-state index contributed by atoms with van der Waals surface area (Å²) < 4.78 is 52.7. The number of alkyl halides is 3. The third kappa shape index (κ3) is 4.84. The molecule has 1 aliphatic heterocycles. The molecule has 1 aliphatic rings. The Bertz CT molecular complexity index is 1230. The number of alkyl carbamates (subject to hydrolysis) is 1. The van der Waals surface area contributed by atoms with Gasteiger partial charge in [-0.3, -0.25) is 9.20 Å². The molecule has 2 amide bonds. The number of imidazole rings is 1. The van der Waals surface area contributed by atoms with E-state index in [9.17, 15) is 22.8 Å². The molecule has 0 spiro atoms. The number of likely N-dealkylation sites (tertiary alicyclic amines) is 1. The van der Waals surface area contributed by atoms with Crippen molar-refractivity contribution in [1.82, 2.24) is 19.6 Å². The Morgan fingerprint density at radius 1 is 1.26 bits per heavy atom. The van der Waals surface area contributed by atoms with E-state index in [1.54, 1.807) is 20.8 Å². The van der Waals surface area contributed by atoms with Gasteiger partial charge in [0.25, 0.3) is 5.91 Å². The van der Waals surface area contributed by atoms with Crippen LogP contribution >= 0.6 is 11.6 Å². The molecule has 182 valence electrons. The lowest BCUT2D eigenvalue weighted by Crippen LogP contribution is -2.41. The van der Waals surface area contributed by atoms with Crippen LogP contribution in [0.4, 0.5) is 18.0 Å². The predicted octanol–water partition coefficient (Wildman–Crippen LogP) is 5.01. The predicted molar refractivity (Wildman–Crippen MR) is 117 cm³/mol. The number of carbonyl (C=O) groups is 2. The lowest BCUT2D eigenvalue weighted by molar-refractivity contribution is -0.136. The number of rotatable bonds is 3. The molecule has 1 N–H and O–H groups in total. The van der Waals surface area contributed by atoms with Gasteiger partial charge in [0.05, 0.1) is 24.1 Å². The Labute approximate surface area is 197 Å². The monoisotopic (exact) mass is 498 g/mol. The highest BCUT2D eigenvalue weighted by Crippen LogP contribution is 2.37. The maximum Gasteiger partial charge on any atom is 0.420 e. The van der Waals surface area contributed by atoms with E-state index in [2.05, 4.69) is 10.3 Å². The number of hydrogen-bond donors (Lipinski definition) is 1. The van der Waals surface area contributed by atoms with Gasteiger partial charge in [0.2, 0.25) is 0 Å². The van der Waals surface area contributed by atoms with Crippen LogP contribution in [0, 0.1) is 0 Å². The summed E-state index contributed by atoms with van der Waals surface area (Å²) in [6.45, 7) is 5.62. The van der Waals surface area contributed by atoms with Gasteiger partial charge in [0, 0.05) is 30.4 Å². The van der Waals surface area contributed by atoms with Crippen LogP contribution < -0.4 is 5.32 Å². The molecular weight excluding hydrogens is 477 g/mol. The van der Waals surface area contributed by atoms with Crippen LogP contribution in [0.2, 0.25) is 5.15 Å². The van der Waals surface area contributed by atoms with Crippen molar-refractivity contribution in [2.45, 2.75) is 45.0 Å². The van der Waals surface area contributed by atoms with Gasteiger partial charge in [-0.1, -0.05) is 11.6 Å². The number of amides is 2. The summed E-state index contributed by atoms with van der Waals surface area (Å²) in [7, 11) is 0. The molecule has 4 heterocycles. The summed E-state index contributed by atoms with van der Waals surface area (Å²) in [6.07, 6.45) is -0.870. The number of ether oxygens (including phenoxy) is 1. The normalized spacial score (nSPS) is 16.8. The SMILES string of the molecule is CC(C)(C)OC(=O)N[C@@H]1CCN(C(=O)c2nc3c(C(F)(F)F)cc(-c4ccoc4)cn3c2Cl)C1. The van der Waals surface area contributed by atoms with Crippen molar-refractivity contribution >= 4 is 29.2 Å². The highest BCUT2D eigenvalue weighted by atomic mass is 35.5. The second-order valence-electron chi connectivity index (χ2n) is 8.98. The lowest BCUT2D eigenvalue weighted by atomic mass is 10.1. The summed E-state index contributed by atoms with van der Waals surface area (Å²) in [5.41, 5.74) is -1.85. The summed E-state index contributed by atoms with van der Waals surface area (Å²) in [6, 6.07) is 2.09. The Morgan fingerprint density at radius 2 is 2.00 bits per heavy atom. The fourth-order valence-electron chi connectivity index (χ4n) is 3.73. The standard InChI is InChI=1S/C22H22ClF3N4O4/c1-21(2,3)34-20(32)27-14-4-6-29(10-14)19(31)16-17(23)30-9-13(12-5-7-33-11-12)8-15(18(30)28-16)22(24,25)26/h5,7-9,11,14H,4,6,10H2,1-3H3,(H,27,32)/t14-/m1/s1. The number of carbonyl (C=O) groups excluding carboxylic acids is 2. The first kappa shape index (κ1) is 23.9. The molecule has 0 saturated carbocycles. The zero-order valence-electron chi connectivity index (χ0n) is 18.6. The van der Waals surface area contributed by atoms with Gasteiger partial charge in [-0.25, -0.2) is 9.78 Å². The van der Waals surface area contributed by atoms with Gasteiger partial charge in [-0.05, 0) is 39.3 Å². The molecule has 3 aromatic heterocycles. The second-order valence-corrected chi connectivity index (χ2v) is 9.34. The number of nitrogens with one attached hydrogen (secondary N) is 1. The number of nitrogens with zero attached hydrogens (tertiary/aromatic N) is 3. The van der Waals surface area contributed by atoms with Crippen molar-refractivity contribution in [3.05, 3.63) is 47.3 Å². The van der Waals surface area contributed by atoms with E-state index in [1.165, 1.54) is 29.7 Å². The van der Waals surface area contributed by atoms with Gasteiger partial charge in [-0.15, -0.1) is 0 Å². The van der Waals surface area contributed by atoms with Crippen molar-refractivity contribution in [2.24, 2.45) is 0 Å². The Balaban J connectivity index is 1.62. The van der Waals surface area contributed by atoms with Gasteiger partial charge in [0.15, 0.2) is 11.3 Å². The number of fused-ring (bicyclic) bond motifs is 1. The third-order valence-electron chi connectivity index (χ3n) is 5.22. The van der Waals surface area contributed by atoms with Crippen molar-refractivity contribution in [2.75, 3.05) is 13.1 Å². The molecular formula is C22H22ClF3N4O4. The van der Waals surface area contributed by atoms with Crippen molar-refractivity contribution in [3.8, 4) is 11.1 Å². The van der Waals surface area contributed by atoms with Crippen LogP contribution in [-0.2, 0) is 10.9 Å². The fraction of sp³-hybridized carbons (Fsp3) is 0.409. The highest BCUT2D eigenvalue weighted by Gasteiger charge is 2.37. The van der Waals surface area contributed by atoms with E-state index >= 15 is 0 Å². The third-order valence-corrected chi connectivity index (χ3v) is 5.58. The van der Waals surface area contributed by atoms with E-state index in [0.717, 1.165) is 10.5 Å². The van der Waals surface area contributed by atoms with Gasteiger partial charge in [0.1, 0.15) is 10.8 Å². The van der Waals surface area contributed by atoms with Gasteiger partial charge in [-0.2, -0.15) is 13.2 Å². The molecule has 0 radical (unpaired) electrons. The molecule has 34 heavy (non-hydrogen) atoms. The minimum atomic E-state index is -4.73. The van der Waals surface area contributed by atoms with Crippen LogP contribution in [0.5, 0.6) is 0 Å². The fourth-order valence-corrected chi connectivity index (χ4v) is 3.99. The molecule has 3 aromatic rings. The van der Waals surface area contributed by atoms with E-state index < -0.39 is 35.0 Å². The molecule has 8 nitrogen and oxygen atoms in total. The van der Waals surface area contributed by atoms with E-state index in [0.29, 0.717) is 12.0 Å². The maximum absolute atomic E-state index is 13.8. The first-order valence-corrected chi connectivity index (χ1v) is 10.8. The first-order valence-electron chi connectivity index (χ1n) is 10.4. The molecule has 1 saturated heterocycles. The number of furan rings is 1. The lowest BCUT2D eigenvalue weighted by Gasteiger charge is -2.22. The summed E-state index contributed by atoms with van der Waals surface area (Å²) in [4.78, 5) is 30.5. The number of pyridine rings is 1. The topological polar surface area (TPSA) is 89.1 Å². The molecule has 1 fully saturated rings. The van der Waals surface area contributed by atoms with E-state index in [-0.39, 0.29) is 35.5 Å². The molecule has 0 aliphatic carbocycles. The van der Waals surface area contributed by atoms with Crippen molar-refractivity contribution in [3.63, 3.8) is 0 Å². The minimum absolute atomic E-state index is 0.147. The molecule has 1 atom stereocenters. The molecule has 0 bridgehead atoms. The van der Waals surface area contributed by atoms with Crippen molar-refractivity contribution in [1.29, 1.82) is 0 Å². The number of hydrogen-bond acceptors (Lipinski definition) is 5. The number of halogens is 4. The number of aromatic nitrogens is 2. The largest absolute Gasteiger partial charge is 0.472 e. The quantitative estimate of drug-likeness (QED) is 0.548. The first-order chi connectivity index (χ1) is 15.8. The molecule has 0 aromatic carbocycles. The van der Waals surface area contributed by atoms with Crippen LogP contribution in [-0.4, -0.2) is 51.0 Å². The highest BCUT2D eigenvalue weighted by molar-refractivity contribution is 6.33. The molecule has 0 unspecified atom stereocenters. The Morgan fingerprint density at radius 3 is 2.62 bits per heavy atom. The second kappa shape index (κ2) is 8.53. The molecule has 12 heteroatoms. The van der Waals surface area contributed by atoms with Crippen LogP contribution in [0.25, 0.3) is 16.8 Å². The smallest absolute Gasteiger partial charge is 0.420 e. The summed E-state index contributed by atoms with van der Waals surface area (Å²) in [5.74, 6) is -0.625. The molecule has 4 rings (SSSR count). The van der Waals surface area contributed by atoms with Crippen LogP contribution in [0.1, 0.15) is 43.2 Å². The van der Waals surface area contributed by atoms with Crippen LogP contribution in [0.15, 0.2) is 35.3 Å². The summed E-state index contributed by atoms with van der Waals surface area (Å²) in [5, 5.41) is 2.46. The van der Waals surface area contributed by atoms with Gasteiger partial charge >= 0.3 is 12.3 Å². The average molecular weight is 499 g/mol. The van der Waals surface area contributed by atoms with E-state index in [1.807, 2.05) is 0 Å². The van der Waals surface area contributed by atoms with E-state index in [4.69, 9.17) is 20.8 Å². The maximum atomic E-state index is 13.8. The van der Waals surface area contributed by atoms with Crippen LogP contribution in [0.3, 0.4) is 0 Å². The van der Waals surface area contributed by atoms with Crippen molar-refractivity contribution < 1.29 is 31.9 Å².